The molecule has 1 heterocycles. The second-order valence-corrected chi connectivity index (χ2v) is 4.12. The van der Waals surface area contributed by atoms with Crippen LogP contribution in [0.3, 0.4) is 0 Å². The molecule has 104 valence electrons. The summed E-state index contributed by atoms with van der Waals surface area (Å²) < 4.78 is 23.6. The van der Waals surface area contributed by atoms with Crippen LogP contribution >= 0.6 is 0 Å². The molecule has 2 aromatic rings. The van der Waals surface area contributed by atoms with Gasteiger partial charge < -0.3 is 14.3 Å². The molecule has 5 nitrogen and oxygen atoms in total. The highest BCUT2D eigenvalue weighted by molar-refractivity contribution is 5.84. The minimum atomic E-state index is -1.17. The summed E-state index contributed by atoms with van der Waals surface area (Å²) in [7, 11) is 0. The molecule has 20 heavy (non-hydrogen) atoms. The number of carbonyl (C=O) groups excluding carboxylic acids is 1. The van der Waals surface area contributed by atoms with Crippen molar-refractivity contribution in [2.75, 3.05) is 0 Å². The molecule has 0 bridgehead atoms. The maximum Gasteiger partial charge on any atom is 0.371 e. The molecule has 0 aliphatic carbocycles. The van der Waals surface area contributed by atoms with Crippen LogP contribution in [0, 0.1) is 12.7 Å². The molecule has 0 aliphatic rings. The van der Waals surface area contributed by atoms with Crippen molar-refractivity contribution in [3.05, 3.63) is 52.7 Å². The molecule has 1 aromatic carbocycles. The van der Waals surface area contributed by atoms with E-state index >= 15 is 0 Å². The number of ether oxygens (including phenoxy) is 1. The number of hydrogen-bond donors (Lipinski definition) is 1. The Morgan fingerprint density at radius 3 is 2.75 bits per heavy atom. The number of rotatable bonds is 5. The third-order valence-corrected chi connectivity index (χ3v) is 2.66. The van der Waals surface area contributed by atoms with Crippen LogP contribution in [-0.2, 0) is 6.61 Å². The van der Waals surface area contributed by atoms with Crippen molar-refractivity contribution in [3.8, 4) is 5.75 Å². The third-order valence-electron chi connectivity index (χ3n) is 2.66. The molecule has 0 saturated carbocycles. The molecule has 0 atom stereocenters. The predicted molar refractivity (Wildman–Crippen MR) is 66.5 cm³/mol. The van der Waals surface area contributed by atoms with E-state index in [1.165, 1.54) is 12.1 Å². The fourth-order valence-corrected chi connectivity index (χ4v) is 1.67. The highest BCUT2D eigenvalue weighted by atomic mass is 19.1. The first-order chi connectivity index (χ1) is 9.49. The van der Waals surface area contributed by atoms with E-state index in [4.69, 9.17) is 14.3 Å². The number of aromatic carboxylic acids is 1. The van der Waals surface area contributed by atoms with Crippen LogP contribution in [0.2, 0.25) is 0 Å². The molecule has 0 radical (unpaired) electrons. The number of benzene rings is 1. The van der Waals surface area contributed by atoms with E-state index in [0.29, 0.717) is 17.6 Å². The highest BCUT2D eigenvalue weighted by Gasteiger charge is 2.13. The van der Waals surface area contributed by atoms with Gasteiger partial charge in [0.25, 0.3) is 0 Å². The molecular weight excluding hydrogens is 267 g/mol. The normalized spacial score (nSPS) is 10.3. The summed E-state index contributed by atoms with van der Waals surface area (Å²) in [5.41, 5.74) is 0.703. The number of halogens is 1. The Hall–Kier alpha value is -2.63. The quantitative estimate of drug-likeness (QED) is 0.851. The van der Waals surface area contributed by atoms with Crippen molar-refractivity contribution in [2.24, 2.45) is 0 Å². The first kappa shape index (κ1) is 13.8. The van der Waals surface area contributed by atoms with Gasteiger partial charge in [0.15, 0.2) is 0 Å². The van der Waals surface area contributed by atoms with E-state index in [0.717, 1.165) is 12.1 Å². The SMILES string of the molecule is Cc1oc(C(=O)O)cc1COc1cc(F)cc(C=O)c1. The third kappa shape index (κ3) is 3.03. The number of hydrogen-bond acceptors (Lipinski definition) is 4. The van der Waals surface area contributed by atoms with Crippen LogP contribution in [0.4, 0.5) is 4.39 Å². The summed E-state index contributed by atoms with van der Waals surface area (Å²) in [6.45, 7) is 1.62. The molecule has 0 fully saturated rings. The monoisotopic (exact) mass is 278 g/mol. The van der Waals surface area contributed by atoms with Gasteiger partial charge in [0, 0.05) is 17.2 Å². The van der Waals surface area contributed by atoms with Gasteiger partial charge >= 0.3 is 5.97 Å². The predicted octanol–water partition coefficient (Wildman–Crippen LogP) is 2.82. The minimum Gasteiger partial charge on any atom is -0.489 e. The maximum absolute atomic E-state index is 13.2. The second-order valence-electron chi connectivity index (χ2n) is 4.12. The van der Waals surface area contributed by atoms with Crippen molar-refractivity contribution in [1.29, 1.82) is 0 Å². The Kier molecular flexibility index (Phi) is 3.84. The molecule has 0 spiro atoms. The van der Waals surface area contributed by atoms with E-state index in [-0.39, 0.29) is 23.7 Å². The van der Waals surface area contributed by atoms with Gasteiger partial charge in [0.2, 0.25) is 5.76 Å². The summed E-state index contributed by atoms with van der Waals surface area (Å²) in [6.07, 6.45) is 0.515. The van der Waals surface area contributed by atoms with Crippen LogP contribution in [0.25, 0.3) is 0 Å². The number of aldehydes is 1. The van der Waals surface area contributed by atoms with Gasteiger partial charge in [-0.3, -0.25) is 4.79 Å². The van der Waals surface area contributed by atoms with Crippen molar-refractivity contribution >= 4 is 12.3 Å². The summed E-state index contributed by atoms with van der Waals surface area (Å²) >= 11 is 0. The molecule has 0 saturated heterocycles. The Morgan fingerprint density at radius 2 is 2.15 bits per heavy atom. The zero-order valence-electron chi connectivity index (χ0n) is 10.6. The largest absolute Gasteiger partial charge is 0.489 e. The number of carboxylic acids is 1. The molecule has 1 aromatic heterocycles. The zero-order valence-corrected chi connectivity index (χ0v) is 10.6. The van der Waals surface area contributed by atoms with E-state index in [1.807, 2.05) is 0 Å². The molecule has 0 unspecified atom stereocenters. The summed E-state index contributed by atoms with van der Waals surface area (Å²) in [5.74, 6) is -1.35. The molecule has 2 rings (SSSR count). The smallest absolute Gasteiger partial charge is 0.371 e. The topological polar surface area (TPSA) is 76.7 Å². The van der Waals surface area contributed by atoms with Gasteiger partial charge in [-0.05, 0) is 25.1 Å². The van der Waals surface area contributed by atoms with Crippen molar-refractivity contribution in [2.45, 2.75) is 13.5 Å². The van der Waals surface area contributed by atoms with Gasteiger partial charge in [-0.1, -0.05) is 0 Å². The first-order valence-electron chi connectivity index (χ1n) is 5.71. The number of aryl methyl sites for hydroxylation is 1. The fourth-order valence-electron chi connectivity index (χ4n) is 1.67. The summed E-state index contributed by atoms with van der Waals surface area (Å²) in [4.78, 5) is 21.4. The lowest BCUT2D eigenvalue weighted by Crippen LogP contribution is -1.97. The van der Waals surface area contributed by atoms with Gasteiger partial charge in [-0.15, -0.1) is 0 Å². The molecule has 6 heteroatoms. The molecule has 1 N–H and O–H groups in total. The van der Waals surface area contributed by atoms with Crippen molar-refractivity contribution in [1.82, 2.24) is 0 Å². The summed E-state index contributed by atoms with van der Waals surface area (Å²) in [5, 5.41) is 8.79. The Morgan fingerprint density at radius 1 is 1.40 bits per heavy atom. The number of carboxylic acid groups (broad SMARTS) is 1. The minimum absolute atomic E-state index is 0.0182. The fraction of sp³-hybridized carbons (Fsp3) is 0.143. The standard InChI is InChI=1S/C14H11FO5/c1-8-10(4-13(20-8)14(17)18)7-19-12-3-9(6-16)2-11(15)5-12/h2-6H,7H2,1H3,(H,17,18). The zero-order chi connectivity index (χ0) is 14.7. The van der Waals surface area contributed by atoms with Crippen LogP contribution in [0.1, 0.15) is 32.2 Å². The first-order valence-corrected chi connectivity index (χ1v) is 5.71. The lowest BCUT2D eigenvalue weighted by Gasteiger charge is -2.06. The number of furan rings is 1. The van der Waals surface area contributed by atoms with Gasteiger partial charge in [0.1, 0.15) is 30.2 Å². The molecular formula is C14H11FO5. The Balaban J connectivity index is 2.14. The lowest BCUT2D eigenvalue weighted by atomic mass is 10.2. The van der Waals surface area contributed by atoms with Crippen LogP contribution in [0.5, 0.6) is 5.75 Å². The van der Waals surface area contributed by atoms with Crippen LogP contribution in [-0.4, -0.2) is 17.4 Å². The van der Waals surface area contributed by atoms with Gasteiger partial charge in [0.05, 0.1) is 0 Å². The lowest BCUT2D eigenvalue weighted by molar-refractivity contribution is 0.0661. The van der Waals surface area contributed by atoms with Gasteiger partial charge in [-0.2, -0.15) is 0 Å². The average molecular weight is 278 g/mol. The average Bonchev–Trinajstić information content (AvgIpc) is 2.77. The number of carbonyl (C=O) groups is 2. The van der Waals surface area contributed by atoms with E-state index < -0.39 is 11.8 Å². The molecule has 0 amide bonds. The van der Waals surface area contributed by atoms with Crippen molar-refractivity contribution in [3.63, 3.8) is 0 Å². The molecule has 0 aliphatic heterocycles. The van der Waals surface area contributed by atoms with Crippen molar-refractivity contribution < 1.29 is 28.2 Å². The van der Waals surface area contributed by atoms with Crippen LogP contribution in [0.15, 0.2) is 28.7 Å². The van der Waals surface area contributed by atoms with E-state index in [2.05, 4.69) is 0 Å². The summed E-state index contributed by atoms with van der Waals surface area (Å²) in [6, 6.07) is 4.97. The Bertz CT molecular complexity index is 660. The van der Waals surface area contributed by atoms with Crippen LogP contribution < -0.4 is 4.74 Å². The Labute approximate surface area is 113 Å². The maximum atomic E-state index is 13.2. The van der Waals surface area contributed by atoms with Gasteiger partial charge in [-0.25, -0.2) is 9.18 Å². The highest BCUT2D eigenvalue weighted by Crippen LogP contribution is 2.20. The second kappa shape index (κ2) is 5.56. The van der Waals surface area contributed by atoms with E-state index in [9.17, 15) is 14.0 Å². The van der Waals surface area contributed by atoms with E-state index in [1.54, 1.807) is 6.92 Å².